The second-order valence-corrected chi connectivity index (χ2v) is 2.10. The van der Waals surface area contributed by atoms with Crippen molar-refractivity contribution in [3.8, 4) is 0 Å². The van der Waals surface area contributed by atoms with Crippen LogP contribution in [0.4, 0.5) is 0 Å². The van der Waals surface area contributed by atoms with Gasteiger partial charge in [0.1, 0.15) is 0 Å². The van der Waals surface area contributed by atoms with Crippen molar-refractivity contribution < 1.29 is 17.1 Å². The summed E-state index contributed by atoms with van der Waals surface area (Å²) < 4.78 is 0. The maximum absolute atomic E-state index is 2.25. The van der Waals surface area contributed by atoms with Crippen molar-refractivity contribution in [2.24, 2.45) is 0 Å². The van der Waals surface area contributed by atoms with Gasteiger partial charge in [-0.25, -0.2) is 0 Å². The predicted octanol–water partition coefficient (Wildman–Crippen LogP) is 0.680. The molecule has 0 unspecified atom stereocenters. The summed E-state index contributed by atoms with van der Waals surface area (Å²) in [7, 11) is 2.08. The number of rotatable bonds is 1. The zero-order valence-electron chi connectivity index (χ0n) is 5.84. The molecule has 1 rings (SSSR count). The fourth-order valence-electron chi connectivity index (χ4n) is 0.794. The fourth-order valence-corrected chi connectivity index (χ4v) is 0.794. The first-order valence-corrected chi connectivity index (χ1v) is 2.95. The normalized spacial score (nSPS) is 16.2. The van der Waals surface area contributed by atoms with Crippen LogP contribution in [0.1, 0.15) is 6.92 Å². The standard InChI is InChI=1S/C6H12N2.Mn/c1-3-8-5-4-7(2)6-8;/h4-5H,3,6H2,1-2H3;. The largest absolute Gasteiger partial charge is 0.362 e. The van der Waals surface area contributed by atoms with Crippen LogP contribution in [-0.4, -0.2) is 30.1 Å². The Labute approximate surface area is 67.0 Å². The van der Waals surface area contributed by atoms with Crippen LogP contribution in [0.15, 0.2) is 12.4 Å². The molecule has 3 heteroatoms. The van der Waals surface area contributed by atoms with Crippen LogP contribution in [0.2, 0.25) is 0 Å². The molecule has 0 amide bonds. The molecule has 0 bridgehead atoms. The van der Waals surface area contributed by atoms with Crippen molar-refractivity contribution in [2.75, 3.05) is 20.3 Å². The number of hydrogen-bond donors (Lipinski definition) is 0. The summed E-state index contributed by atoms with van der Waals surface area (Å²) in [4.78, 5) is 4.41. The van der Waals surface area contributed by atoms with Gasteiger partial charge in [-0.05, 0) is 6.92 Å². The quantitative estimate of drug-likeness (QED) is 0.530. The van der Waals surface area contributed by atoms with Crippen LogP contribution in [0, 0.1) is 0 Å². The van der Waals surface area contributed by atoms with Crippen LogP contribution in [0.5, 0.6) is 0 Å². The van der Waals surface area contributed by atoms with Gasteiger partial charge in [-0.15, -0.1) is 0 Å². The molecule has 0 N–H and O–H groups in total. The van der Waals surface area contributed by atoms with Crippen LogP contribution < -0.4 is 0 Å². The van der Waals surface area contributed by atoms with E-state index >= 15 is 0 Å². The molecule has 2 nitrogen and oxygen atoms in total. The van der Waals surface area contributed by atoms with Crippen molar-refractivity contribution in [2.45, 2.75) is 6.92 Å². The Kier molecular flexibility index (Phi) is 3.74. The summed E-state index contributed by atoms with van der Waals surface area (Å²) in [5.41, 5.74) is 0. The molecule has 0 atom stereocenters. The van der Waals surface area contributed by atoms with Gasteiger partial charge in [0.25, 0.3) is 0 Å². The Morgan fingerprint density at radius 1 is 1.44 bits per heavy atom. The molecule has 0 aliphatic carbocycles. The third-order valence-corrected chi connectivity index (χ3v) is 1.34. The first-order valence-electron chi connectivity index (χ1n) is 2.95. The maximum atomic E-state index is 2.25. The molecular weight excluding hydrogens is 155 g/mol. The number of hydrogen-bond acceptors (Lipinski definition) is 2. The minimum Gasteiger partial charge on any atom is -0.362 e. The van der Waals surface area contributed by atoms with Crippen molar-refractivity contribution >= 4 is 0 Å². The molecule has 0 saturated heterocycles. The molecule has 0 saturated carbocycles. The first kappa shape index (κ1) is 8.86. The maximum Gasteiger partial charge on any atom is 0.0890 e. The third-order valence-electron chi connectivity index (χ3n) is 1.34. The van der Waals surface area contributed by atoms with Gasteiger partial charge in [0.2, 0.25) is 0 Å². The van der Waals surface area contributed by atoms with Crippen LogP contribution in [0.25, 0.3) is 0 Å². The molecule has 1 radical (unpaired) electrons. The molecule has 0 aromatic heterocycles. The van der Waals surface area contributed by atoms with E-state index in [1.165, 1.54) is 0 Å². The summed E-state index contributed by atoms with van der Waals surface area (Å²) in [6.45, 7) is 4.32. The Balaban J connectivity index is 0.000000640. The van der Waals surface area contributed by atoms with E-state index in [1.54, 1.807) is 0 Å². The van der Waals surface area contributed by atoms with Gasteiger partial charge in [-0.1, -0.05) is 0 Å². The van der Waals surface area contributed by atoms with E-state index in [0.29, 0.717) is 0 Å². The average molecular weight is 167 g/mol. The van der Waals surface area contributed by atoms with Crippen molar-refractivity contribution in [1.29, 1.82) is 0 Å². The first-order chi connectivity index (χ1) is 3.83. The van der Waals surface area contributed by atoms with E-state index < -0.39 is 0 Å². The topological polar surface area (TPSA) is 6.48 Å². The molecule has 1 heterocycles. The monoisotopic (exact) mass is 167 g/mol. The molecule has 1 aliphatic heterocycles. The zero-order valence-corrected chi connectivity index (χ0v) is 7.02. The van der Waals surface area contributed by atoms with Gasteiger partial charge in [0.15, 0.2) is 0 Å². The van der Waals surface area contributed by atoms with Gasteiger partial charge in [0.05, 0.1) is 6.67 Å². The summed E-state index contributed by atoms with van der Waals surface area (Å²) in [5.74, 6) is 0. The summed E-state index contributed by atoms with van der Waals surface area (Å²) >= 11 is 0. The molecule has 0 fully saturated rings. The summed E-state index contributed by atoms with van der Waals surface area (Å²) in [6.07, 6.45) is 4.20. The Hall–Kier alpha value is -0.141. The van der Waals surface area contributed by atoms with Gasteiger partial charge in [-0.3, -0.25) is 0 Å². The van der Waals surface area contributed by atoms with Gasteiger partial charge in [0, 0.05) is 43.1 Å². The molecule has 0 spiro atoms. The minimum atomic E-state index is 0. The molecule has 9 heavy (non-hydrogen) atoms. The van der Waals surface area contributed by atoms with Gasteiger partial charge < -0.3 is 9.80 Å². The van der Waals surface area contributed by atoms with E-state index in [2.05, 4.69) is 36.2 Å². The Morgan fingerprint density at radius 2 is 2.11 bits per heavy atom. The Bertz CT molecular complexity index is 103. The Morgan fingerprint density at radius 3 is 2.33 bits per heavy atom. The number of nitrogens with zero attached hydrogens (tertiary/aromatic N) is 2. The summed E-state index contributed by atoms with van der Waals surface area (Å²) in [6, 6.07) is 0. The molecule has 0 aromatic rings. The van der Waals surface area contributed by atoms with Crippen LogP contribution in [0.3, 0.4) is 0 Å². The SMILES string of the molecule is CCN1C=CN(C)C1.[Mn]. The van der Waals surface area contributed by atoms with Crippen LogP contribution >= 0.6 is 0 Å². The van der Waals surface area contributed by atoms with Gasteiger partial charge >= 0.3 is 0 Å². The second kappa shape index (κ2) is 3.80. The van der Waals surface area contributed by atoms with E-state index in [1.807, 2.05) is 0 Å². The van der Waals surface area contributed by atoms with Crippen LogP contribution in [-0.2, 0) is 17.1 Å². The van der Waals surface area contributed by atoms with Crippen molar-refractivity contribution in [3.05, 3.63) is 12.4 Å². The van der Waals surface area contributed by atoms with Gasteiger partial charge in [-0.2, -0.15) is 0 Å². The van der Waals surface area contributed by atoms with Crippen molar-refractivity contribution in [3.63, 3.8) is 0 Å². The van der Waals surface area contributed by atoms with Crippen molar-refractivity contribution in [1.82, 2.24) is 9.80 Å². The molecule has 1 aliphatic rings. The fraction of sp³-hybridized carbons (Fsp3) is 0.667. The second-order valence-electron chi connectivity index (χ2n) is 2.10. The van der Waals surface area contributed by atoms with E-state index in [0.717, 1.165) is 13.2 Å². The predicted molar refractivity (Wildman–Crippen MR) is 34.1 cm³/mol. The third kappa shape index (κ3) is 2.29. The smallest absolute Gasteiger partial charge is 0.0890 e. The molecule has 53 valence electrons. The van der Waals surface area contributed by atoms with E-state index in [-0.39, 0.29) is 17.1 Å². The minimum absolute atomic E-state index is 0. The summed E-state index contributed by atoms with van der Waals surface area (Å²) in [5, 5.41) is 0. The molecular formula is C6H12MnN2. The average Bonchev–Trinajstić information content (AvgIpc) is 2.14. The zero-order chi connectivity index (χ0) is 5.98. The van der Waals surface area contributed by atoms with E-state index in [9.17, 15) is 0 Å². The van der Waals surface area contributed by atoms with E-state index in [4.69, 9.17) is 0 Å². The molecule has 0 aromatic carbocycles.